The van der Waals surface area contributed by atoms with E-state index in [1.54, 1.807) is 0 Å². The number of rotatable bonds is 10. The zero-order valence-corrected chi connectivity index (χ0v) is 13.0. The summed E-state index contributed by atoms with van der Waals surface area (Å²) >= 11 is 0. The lowest BCUT2D eigenvalue weighted by atomic mass is 10.1. The van der Waals surface area contributed by atoms with E-state index in [2.05, 4.69) is 29.2 Å². The van der Waals surface area contributed by atoms with Crippen molar-refractivity contribution < 1.29 is 0 Å². The van der Waals surface area contributed by atoms with E-state index in [-0.39, 0.29) is 0 Å². The molecular weight excluding hydrogens is 234 g/mol. The second-order valence-corrected chi connectivity index (χ2v) is 6.82. The first kappa shape index (κ1) is 15.3. The highest BCUT2D eigenvalue weighted by Crippen LogP contribution is 2.18. The molecule has 19 heavy (non-hydrogen) atoms. The number of nitrogens with one attached hydrogen (secondary N) is 1. The summed E-state index contributed by atoms with van der Waals surface area (Å²) in [5.74, 6) is 0.915. The Kier molecular flexibility index (Phi) is 6.62. The van der Waals surface area contributed by atoms with Gasteiger partial charge in [-0.1, -0.05) is 12.8 Å². The van der Waals surface area contributed by atoms with Crippen LogP contribution in [0.25, 0.3) is 0 Å². The predicted octanol–water partition coefficient (Wildman–Crippen LogP) is 2.18. The van der Waals surface area contributed by atoms with Gasteiger partial charge >= 0.3 is 0 Å². The summed E-state index contributed by atoms with van der Waals surface area (Å²) in [7, 11) is 4.54. The van der Waals surface area contributed by atoms with E-state index < -0.39 is 0 Å². The number of hydrogen-bond donors (Lipinski definition) is 1. The lowest BCUT2D eigenvalue weighted by molar-refractivity contribution is 0.268. The molecule has 0 aromatic carbocycles. The summed E-state index contributed by atoms with van der Waals surface area (Å²) in [6.07, 6.45) is 9.78. The highest BCUT2D eigenvalue weighted by Gasteiger charge is 2.20. The molecule has 2 fully saturated rings. The van der Waals surface area contributed by atoms with Crippen molar-refractivity contribution in [1.82, 2.24) is 15.1 Å². The largest absolute Gasteiger partial charge is 0.314 e. The van der Waals surface area contributed by atoms with Crippen molar-refractivity contribution in [2.45, 2.75) is 51.0 Å². The fourth-order valence-electron chi connectivity index (χ4n) is 3.16. The van der Waals surface area contributed by atoms with Crippen molar-refractivity contribution in [2.24, 2.45) is 5.92 Å². The Morgan fingerprint density at radius 3 is 2.58 bits per heavy atom. The minimum absolute atomic E-state index is 0.885. The SMILES string of the molecule is CN(CCCCCCNC1CC1)CC1CCN(C)C1. The first-order valence-corrected chi connectivity index (χ1v) is 8.34. The molecule has 1 saturated heterocycles. The lowest BCUT2D eigenvalue weighted by Crippen LogP contribution is -2.28. The molecule has 1 aliphatic carbocycles. The number of unbranched alkanes of at least 4 members (excludes halogenated alkanes) is 3. The lowest BCUT2D eigenvalue weighted by Gasteiger charge is -2.20. The number of hydrogen-bond acceptors (Lipinski definition) is 3. The quantitative estimate of drug-likeness (QED) is 0.612. The minimum atomic E-state index is 0.885. The van der Waals surface area contributed by atoms with Crippen LogP contribution in [0.1, 0.15) is 44.9 Å². The second kappa shape index (κ2) is 8.23. The van der Waals surface area contributed by atoms with Gasteiger partial charge in [-0.15, -0.1) is 0 Å². The Hall–Kier alpha value is -0.120. The molecule has 0 spiro atoms. The smallest absolute Gasteiger partial charge is 0.00682 e. The fraction of sp³-hybridized carbons (Fsp3) is 1.00. The maximum Gasteiger partial charge on any atom is 0.00682 e. The van der Waals surface area contributed by atoms with Gasteiger partial charge in [-0.05, 0) is 71.8 Å². The summed E-state index contributed by atoms with van der Waals surface area (Å²) in [6.45, 7) is 6.43. The molecule has 3 heteroatoms. The molecule has 1 N–H and O–H groups in total. The van der Waals surface area contributed by atoms with Crippen LogP contribution in [0.4, 0.5) is 0 Å². The summed E-state index contributed by atoms with van der Waals surface area (Å²) in [4.78, 5) is 5.01. The maximum atomic E-state index is 3.59. The monoisotopic (exact) mass is 267 g/mol. The van der Waals surface area contributed by atoms with Crippen molar-refractivity contribution in [3.63, 3.8) is 0 Å². The molecule has 1 heterocycles. The first-order valence-electron chi connectivity index (χ1n) is 8.34. The first-order chi connectivity index (χ1) is 9.24. The topological polar surface area (TPSA) is 18.5 Å². The molecule has 0 amide bonds. The second-order valence-electron chi connectivity index (χ2n) is 6.82. The van der Waals surface area contributed by atoms with Crippen molar-refractivity contribution in [3.8, 4) is 0 Å². The van der Waals surface area contributed by atoms with Crippen LogP contribution in [0.2, 0.25) is 0 Å². The van der Waals surface area contributed by atoms with E-state index in [4.69, 9.17) is 0 Å². The molecule has 112 valence electrons. The molecule has 1 saturated carbocycles. The van der Waals surface area contributed by atoms with Crippen molar-refractivity contribution >= 4 is 0 Å². The molecule has 0 radical (unpaired) electrons. The van der Waals surface area contributed by atoms with E-state index in [1.807, 2.05) is 0 Å². The van der Waals surface area contributed by atoms with Gasteiger partial charge in [0.2, 0.25) is 0 Å². The fourth-order valence-corrected chi connectivity index (χ4v) is 3.16. The van der Waals surface area contributed by atoms with Gasteiger partial charge in [0.15, 0.2) is 0 Å². The summed E-state index contributed by atoms with van der Waals surface area (Å²) in [6, 6.07) is 0.885. The van der Waals surface area contributed by atoms with Crippen LogP contribution < -0.4 is 5.32 Å². The molecule has 0 aromatic rings. The van der Waals surface area contributed by atoms with E-state index in [1.165, 1.54) is 77.7 Å². The normalized spacial score (nSPS) is 24.5. The van der Waals surface area contributed by atoms with Gasteiger partial charge in [0.1, 0.15) is 0 Å². The van der Waals surface area contributed by atoms with Gasteiger partial charge in [-0.25, -0.2) is 0 Å². The highest BCUT2D eigenvalue weighted by molar-refractivity contribution is 4.80. The van der Waals surface area contributed by atoms with Crippen LogP contribution in [-0.4, -0.2) is 62.7 Å². The van der Waals surface area contributed by atoms with Gasteiger partial charge in [-0.3, -0.25) is 0 Å². The van der Waals surface area contributed by atoms with Crippen LogP contribution >= 0.6 is 0 Å². The highest BCUT2D eigenvalue weighted by atomic mass is 15.1. The molecule has 1 unspecified atom stereocenters. The Labute approximate surface area is 119 Å². The summed E-state index contributed by atoms with van der Waals surface area (Å²) < 4.78 is 0. The van der Waals surface area contributed by atoms with E-state index in [0.29, 0.717) is 0 Å². The Morgan fingerprint density at radius 2 is 1.89 bits per heavy atom. The Morgan fingerprint density at radius 1 is 1.11 bits per heavy atom. The molecule has 1 atom stereocenters. The third-order valence-electron chi connectivity index (χ3n) is 4.54. The zero-order valence-electron chi connectivity index (χ0n) is 13.0. The van der Waals surface area contributed by atoms with Crippen LogP contribution in [0.5, 0.6) is 0 Å². The zero-order chi connectivity index (χ0) is 13.5. The van der Waals surface area contributed by atoms with Gasteiger partial charge in [0.05, 0.1) is 0 Å². The van der Waals surface area contributed by atoms with Gasteiger partial charge in [0, 0.05) is 19.1 Å². The average Bonchev–Trinajstić information content (AvgIpc) is 3.11. The van der Waals surface area contributed by atoms with Gasteiger partial charge in [-0.2, -0.15) is 0 Å². The van der Waals surface area contributed by atoms with Crippen LogP contribution in [-0.2, 0) is 0 Å². The van der Waals surface area contributed by atoms with Crippen LogP contribution in [0, 0.1) is 5.92 Å². The Balaban J connectivity index is 1.37. The van der Waals surface area contributed by atoms with Crippen molar-refractivity contribution in [2.75, 3.05) is 46.8 Å². The summed E-state index contributed by atoms with van der Waals surface area (Å²) in [5, 5.41) is 3.59. The van der Waals surface area contributed by atoms with Gasteiger partial charge in [0.25, 0.3) is 0 Å². The van der Waals surface area contributed by atoms with Crippen LogP contribution in [0.15, 0.2) is 0 Å². The molecule has 1 aliphatic heterocycles. The minimum Gasteiger partial charge on any atom is -0.314 e. The van der Waals surface area contributed by atoms with E-state index in [0.717, 1.165) is 12.0 Å². The third kappa shape index (κ3) is 6.73. The average molecular weight is 267 g/mol. The Bertz CT molecular complexity index is 240. The molecule has 2 rings (SSSR count). The molecule has 2 aliphatic rings. The number of nitrogens with zero attached hydrogens (tertiary/aromatic N) is 2. The number of likely N-dealkylation sites (tertiary alicyclic amines) is 1. The van der Waals surface area contributed by atoms with Gasteiger partial charge < -0.3 is 15.1 Å². The van der Waals surface area contributed by atoms with E-state index >= 15 is 0 Å². The van der Waals surface area contributed by atoms with Crippen LogP contribution in [0.3, 0.4) is 0 Å². The molecule has 3 nitrogen and oxygen atoms in total. The molecule has 0 aromatic heterocycles. The molecular formula is C16H33N3. The summed E-state index contributed by atoms with van der Waals surface area (Å²) in [5.41, 5.74) is 0. The molecule has 0 bridgehead atoms. The predicted molar refractivity (Wildman–Crippen MR) is 82.6 cm³/mol. The third-order valence-corrected chi connectivity index (χ3v) is 4.54. The maximum absolute atomic E-state index is 3.59. The van der Waals surface area contributed by atoms with E-state index in [9.17, 15) is 0 Å². The standard InChI is InChI=1S/C16H33N3/c1-18(13-15-9-12-19(2)14-15)11-6-4-3-5-10-17-16-7-8-16/h15-17H,3-14H2,1-2H3. The van der Waals surface area contributed by atoms with Crippen molar-refractivity contribution in [1.29, 1.82) is 0 Å². The van der Waals surface area contributed by atoms with Crippen molar-refractivity contribution in [3.05, 3.63) is 0 Å².